The number of carboxylic acid groups (broad SMARTS) is 1. The maximum atomic E-state index is 12.4. The summed E-state index contributed by atoms with van der Waals surface area (Å²) in [6, 6.07) is 8.58. The summed E-state index contributed by atoms with van der Waals surface area (Å²) in [5.74, 6) is -1.33. The number of aromatic amines is 1. The maximum Gasteiger partial charge on any atom is 0.326 e. The normalized spacial score (nSPS) is 12.3. The minimum Gasteiger partial charge on any atom is -0.480 e. The van der Waals surface area contributed by atoms with Crippen LogP contribution < -0.4 is 5.32 Å². The van der Waals surface area contributed by atoms with Crippen LogP contribution >= 0.6 is 23.1 Å². The van der Waals surface area contributed by atoms with Gasteiger partial charge in [0, 0.05) is 28.9 Å². The number of aliphatic carboxylic acids is 1. The van der Waals surface area contributed by atoms with E-state index in [0.717, 1.165) is 26.7 Å². The van der Waals surface area contributed by atoms with Gasteiger partial charge in [0.25, 0.3) is 0 Å². The number of thioether (sulfide) groups is 1. The van der Waals surface area contributed by atoms with Gasteiger partial charge in [0.1, 0.15) is 22.2 Å². The molecule has 142 valence electrons. The van der Waals surface area contributed by atoms with Crippen LogP contribution in [0.4, 0.5) is 0 Å². The molecule has 0 saturated carbocycles. The lowest BCUT2D eigenvalue weighted by Gasteiger charge is -2.14. The Morgan fingerprint density at radius 1 is 1.21 bits per heavy atom. The van der Waals surface area contributed by atoms with Crippen LogP contribution in [-0.4, -0.2) is 43.7 Å². The lowest BCUT2D eigenvalue weighted by molar-refractivity contribution is -0.141. The molecule has 3 aromatic heterocycles. The number of H-pyrrole nitrogens is 1. The van der Waals surface area contributed by atoms with Gasteiger partial charge in [0.2, 0.25) is 5.91 Å². The van der Waals surface area contributed by atoms with Crippen LogP contribution in [0.1, 0.15) is 5.56 Å². The third kappa shape index (κ3) is 3.85. The summed E-state index contributed by atoms with van der Waals surface area (Å²) in [5, 5.41) is 16.7. The summed E-state index contributed by atoms with van der Waals surface area (Å²) >= 11 is 2.78. The number of thiophene rings is 1. The van der Waals surface area contributed by atoms with Crippen LogP contribution in [0.25, 0.3) is 21.1 Å². The molecule has 28 heavy (non-hydrogen) atoms. The van der Waals surface area contributed by atoms with E-state index >= 15 is 0 Å². The van der Waals surface area contributed by atoms with Crippen molar-refractivity contribution < 1.29 is 14.7 Å². The van der Waals surface area contributed by atoms with Crippen LogP contribution in [0.2, 0.25) is 0 Å². The van der Waals surface area contributed by atoms with Crippen LogP contribution in [0.5, 0.6) is 0 Å². The molecule has 1 aromatic carbocycles. The van der Waals surface area contributed by atoms with E-state index in [2.05, 4.69) is 20.3 Å². The SMILES string of the molecule is O=C(CSc1ncnc2sccc12)N[C@H](Cc1c[nH]c2ccccc12)C(=O)O. The molecular formula is C19H16N4O3S2. The number of para-hydroxylation sites is 1. The number of carbonyl (C=O) groups excluding carboxylic acids is 1. The highest BCUT2D eigenvalue weighted by Crippen LogP contribution is 2.27. The maximum absolute atomic E-state index is 12.4. The summed E-state index contributed by atoms with van der Waals surface area (Å²) in [5.41, 5.74) is 1.79. The second-order valence-electron chi connectivity index (χ2n) is 6.13. The van der Waals surface area contributed by atoms with Crippen LogP contribution in [0, 0.1) is 0 Å². The Morgan fingerprint density at radius 3 is 2.93 bits per heavy atom. The lowest BCUT2D eigenvalue weighted by Crippen LogP contribution is -2.43. The molecule has 0 radical (unpaired) electrons. The first-order chi connectivity index (χ1) is 13.6. The zero-order valence-corrected chi connectivity index (χ0v) is 16.2. The van der Waals surface area contributed by atoms with Gasteiger partial charge in [0.15, 0.2) is 0 Å². The Labute approximate surface area is 168 Å². The Morgan fingerprint density at radius 2 is 2.07 bits per heavy atom. The molecule has 0 aliphatic rings. The highest BCUT2D eigenvalue weighted by atomic mass is 32.2. The summed E-state index contributed by atoms with van der Waals surface area (Å²) in [7, 11) is 0. The van der Waals surface area contributed by atoms with Gasteiger partial charge < -0.3 is 15.4 Å². The molecule has 0 unspecified atom stereocenters. The van der Waals surface area contributed by atoms with Crippen molar-refractivity contribution in [3.63, 3.8) is 0 Å². The van der Waals surface area contributed by atoms with Crippen LogP contribution in [-0.2, 0) is 16.0 Å². The largest absolute Gasteiger partial charge is 0.480 e. The lowest BCUT2D eigenvalue weighted by atomic mass is 10.1. The van der Waals surface area contributed by atoms with E-state index in [-0.39, 0.29) is 18.1 Å². The van der Waals surface area contributed by atoms with Gasteiger partial charge >= 0.3 is 5.97 Å². The number of carboxylic acids is 1. The number of carbonyl (C=O) groups is 2. The summed E-state index contributed by atoms with van der Waals surface area (Å²) in [4.78, 5) is 36.4. The van der Waals surface area contributed by atoms with E-state index in [4.69, 9.17) is 0 Å². The molecule has 4 rings (SSSR count). The molecule has 3 heterocycles. The molecule has 0 aliphatic heterocycles. The molecule has 0 fully saturated rings. The molecule has 0 saturated heterocycles. The van der Waals surface area contributed by atoms with Gasteiger partial charge in [-0.15, -0.1) is 11.3 Å². The number of hydrogen-bond donors (Lipinski definition) is 3. The molecule has 4 aromatic rings. The number of benzene rings is 1. The predicted molar refractivity (Wildman–Crippen MR) is 110 cm³/mol. The van der Waals surface area contributed by atoms with Gasteiger partial charge in [0.05, 0.1) is 5.75 Å². The van der Waals surface area contributed by atoms with Gasteiger partial charge in [-0.1, -0.05) is 30.0 Å². The van der Waals surface area contributed by atoms with E-state index < -0.39 is 12.0 Å². The summed E-state index contributed by atoms with van der Waals surface area (Å²) in [6.45, 7) is 0. The molecule has 7 nitrogen and oxygen atoms in total. The summed E-state index contributed by atoms with van der Waals surface area (Å²) in [6.07, 6.45) is 3.46. The smallest absolute Gasteiger partial charge is 0.326 e. The first kappa shape index (κ1) is 18.5. The number of nitrogens with one attached hydrogen (secondary N) is 2. The summed E-state index contributed by atoms with van der Waals surface area (Å²) < 4.78 is 0. The fourth-order valence-electron chi connectivity index (χ4n) is 2.97. The third-order valence-electron chi connectivity index (χ3n) is 4.30. The molecule has 1 amide bonds. The van der Waals surface area contributed by atoms with E-state index in [1.54, 1.807) is 6.20 Å². The second kappa shape index (κ2) is 7.99. The molecule has 0 bridgehead atoms. The van der Waals surface area contributed by atoms with Crippen molar-refractivity contribution in [2.45, 2.75) is 17.5 Å². The van der Waals surface area contributed by atoms with Crippen LogP contribution in [0.3, 0.4) is 0 Å². The third-order valence-corrected chi connectivity index (χ3v) is 6.12. The zero-order valence-electron chi connectivity index (χ0n) is 14.6. The standard InChI is InChI=1S/C19H16N4O3S2/c24-16(9-28-18-13-5-6-27-17(13)21-10-22-18)23-15(19(25)26)7-11-8-20-14-4-2-1-3-12(11)14/h1-6,8,10,15,20H,7,9H2,(H,23,24)(H,25,26)/t15-/m1/s1. The van der Waals surface area contributed by atoms with Crippen molar-refractivity contribution in [2.75, 3.05) is 5.75 Å². The fourth-order valence-corrected chi connectivity index (χ4v) is 4.56. The van der Waals surface area contributed by atoms with Crippen molar-refractivity contribution in [2.24, 2.45) is 0 Å². The number of hydrogen-bond acceptors (Lipinski definition) is 6. The van der Waals surface area contributed by atoms with E-state index in [1.165, 1.54) is 29.4 Å². The van der Waals surface area contributed by atoms with E-state index in [1.807, 2.05) is 35.7 Å². The zero-order chi connectivity index (χ0) is 19.5. The highest BCUT2D eigenvalue weighted by molar-refractivity contribution is 8.00. The molecule has 0 spiro atoms. The van der Waals surface area contributed by atoms with Crippen molar-refractivity contribution >= 4 is 56.1 Å². The number of rotatable bonds is 7. The van der Waals surface area contributed by atoms with E-state index in [0.29, 0.717) is 5.03 Å². The van der Waals surface area contributed by atoms with Crippen molar-refractivity contribution in [3.8, 4) is 0 Å². The molecule has 1 atom stereocenters. The minimum absolute atomic E-state index is 0.0830. The monoisotopic (exact) mass is 412 g/mol. The molecule has 9 heteroatoms. The van der Waals surface area contributed by atoms with Gasteiger partial charge in [-0.3, -0.25) is 4.79 Å². The van der Waals surface area contributed by atoms with E-state index in [9.17, 15) is 14.7 Å². The molecule has 0 aliphatic carbocycles. The molecule has 3 N–H and O–H groups in total. The Bertz CT molecular complexity index is 1150. The predicted octanol–water partition coefficient (Wildman–Crippen LogP) is 3.08. The Kier molecular flexibility index (Phi) is 5.27. The number of aromatic nitrogens is 3. The number of amides is 1. The first-order valence-corrected chi connectivity index (χ1v) is 10.4. The quantitative estimate of drug-likeness (QED) is 0.318. The van der Waals surface area contributed by atoms with Gasteiger partial charge in [-0.2, -0.15) is 0 Å². The minimum atomic E-state index is -1.06. The van der Waals surface area contributed by atoms with Crippen molar-refractivity contribution in [1.29, 1.82) is 0 Å². The number of nitrogens with zero attached hydrogens (tertiary/aromatic N) is 2. The topological polar surface area (TPSA) is 108 Å². The second-order valence-corrected chi connectivity index (χ2v) is 7.99. The Balaban J connectivity index is 1.42. The molecular weight excluding hydrogens is 396 g/mol. The Hall–Kier alpha value is -2.91. The average molecular weight is 412 g/mol. The first-order valence-electron chi connectivity index (χ1n) is 8.50. The van der Waals surface area contributed by atoms with Crippen molar-refractivity contribution in [1.82, 2.24) is 20.3 Å². The average Bonchev–Trinajstić information content (AvgIpc) is 3.33. The van der Waals surface area contributed by atoms with Gasteiger partial charge in [-0.25, -0.2) is 14.8 Å². The van der Waals surface area contributed by atoms with Crippen LogP contribution in [0.15, 0.2) is 53.3 Å². The fraction of sp³-hybridized carbons (Fsp3) is 0.158. The number of fused-ring (bicyclic) bond motifs is 2. The van der Waals surface area contributed by atoms with Crippen molar-refractivity contribution in [3.05, 3.63) is 53.8 Å². The highest BCUT2D eigenvalue weighted by Gasteiger charge is 2.22. The van der Waals surface area contributed by atoms with Gasteiger partial charge in [-0.05, 0) is 23.1 Å².